The van der Waals surface area contributed by atoms with E-state index in [0.717, 1.165) is 10.9 Å². The van der Waals surface area contributed by atoms with Crippen LogP contribution in [0, 0.1) is 0 Å². The molecule has 1 aliphatic heterocycles. The number of pyridine rings is 1. The van der Waals surface area contributed by atoms with Gasteiger partial charge in [-0.1, -0.05) is 24.3 Å². The first-order valence-corrected chi connectivity index (χ1v) is 6.41. The second-order valence-electron chi connectivity index (χ2n) is 4.72. The van der Waals surface area contributed by atoms with Crippen LogP contribution in [0.3, 0.4) is 0 Å². The molecule has 0 radical (unpaired) electrons. The molecule has 2 aromatic rings. The third-order valence-corrected chi connectivity index (χ3v) is 3.43. The van der Waals surface area contributed by atoms with E-state index in [9.17, 15) is 9.59 Å². The van der Waals surface area contributed by atoms with Crippen molar-refractivity contribution < 1.29 is 9.59 Å². The Morgan fingerprint density at radius 3 is 2.58 bits per heavy atom. The summed E-state index contributed by atoms with van der Waals surface area (Å²) in [6.07, 6.45) is 0.915. The highest BCUT2D eigenvalue weighted by molar-refractivity contribution is 5.96. The zero-order chi connectivity index (χ0) is 13.2. The Labute approximate surface area is 111 Å². The molecule has 0 bridgehead atoms. The zero-order valence-corrected chi connectivity index (χ0v) is 10.5. The van der Waals surface area contributed by atoms with Crippen molar-refractivity contribution in [2.75, 3.05) is 13.1 Å². The fourth-order valence-corrected chi connectivity index (χ4v) is 2.31. The van der Waals surface area contributed by atoms with Gasteiger partial charge in [-0.25, -0.2) is 4.98 Å². The topological polar surface area (TPSA) is 50.3 Å². The van der Waals surface area contributed by atoms with Crippen molar-refractivity contribution in [1.82, 2.24) is 9.88 Å². The summed E-state index contributed by atoms with van der Waals surface area (Å²) < 4.78 is 0. The van der Waals surface area contributed by atoms with Crippen LogP contribution in [0.25, 0.3) is 10.9 Å². The van der Waals surface area contributed by atoms with Crippen molar-refractivity contribution in [3.63, 3.8) is 0 Å². The number of fused-ring (bicyclic) bond motifs is 1. The molecule has 19 heavy (non-hydrogen) atoms. The Morgan fingerprint density at radius 2 is 1.79 bits per heavy atom. The van der Waals surface area contributed by atoms with E-state index in [1.807, 2.05) is 30.3 Å². The minimum atomic E-state index is -0.0850. The van der Waals surface area contributed by atoms with Crippen LogP contribution in [0.5, 0.6) is 0 Å². The third kappa shape index (κ3) is 2.34. The zero-order valence-electron chi connectivity index (χ0n) is 10.5. The summed E-state index contributed by atoms with van der Waals surface area (Å²) in [4.78, 5) is 29.6. The van der Waals surface area contributed by atoms with Crippen molar-refractivity contribution >= 4 is 22.6 Å². The lowest BCUT2D eigenvalue weighted by molar-refractivity contribution is -0.120. The minimum absolute atomic E-state index is 0.0850. The molecular weight excluding hydrogens is 240 g/mol. The number of nitrogens with zero attached hydrogens (tertiary/aromatic N) is 2. The summed E-state index contributed by atoms with van der Waals surface area (Å²) in [6.45, 7) is 1.01. The van der Waals surface area contributed by atoms with Crippen LogP contribution in [0.1, 0.15) is 23.3 Å². The molecular formula is C15H14N2O2. The van der Waals surface area contributed by atoms with Crippen LogP contribution in [-0.4, -0.2) is 34.7 Å². The van der Waals surface area contributed by atoms with Gasteiger partial charge in [-0.3, -0.25) is 9.59 Å². The Balaban J connectivity index is 1.87. The Kier molecular flexibility index (Phi) is 2.99. The Morgan fingerprint density at radius 1 is 1.05 bits per heavy atom. The lowest BCUT2D eigenvalue weighted by Crippen LogP contribution is -2.38. The van der Waals surface area contributed by atoms with Gasteiger partial charge in [0.2, 0.25) is 0 Å². The summed E-state index contributed by atoms with van der Waals surface area (Å²) in [6, 6.07) is 11.4. The highest BCUT2D eigenvalue weighted by Gasteiger charge is 2.22. The number of amides is 1. The van der Waals surface area contributed by atoms with Gasteiger partial charge in [-0.2, -0.15) is 0 Å². The SMILES string of the molecule is O=C1CCN(C(=O)c2ccc3ccccc3n2)CC1. The van der Waals surface area contributed by atoms with E-state index in [0.29, 0.717) is 31.6 Å². The number of aromatic nitrogens is 1. The van der Waals surface area contributed by atoms with Crippen LogP contribution in [0.4, 0.5) is 0 Å². The maximum Gasteiger partial charge on any atom is 0.272 e. The van der Waals surface area contributed by atoms with Gasteiger partial charge in [-0.15, -0.1) is 0 Å². The van der Waals surface area contributed by atoms with Crippen molar-refractivity contribution in [3.05, 3.63) is 42.1 Å². The summed E-state index contributed by atoms with van der Waals surface area (Å²) >= 11 is 0. The molecule has 1 aromatic carbocycles. The molecule has 96 valence electrons. The molecule has 3 rings (SSSR count). The molecule has 4 heteroatoms. The summed E-state index contributed by atoms with van der Waals surface area (Å²) in [5, 5.41) is 1.02. The van der Waals surface area contributed by atoms with E-state index in [4.69, 9.17) is 0 Å². The van der Waals surface area contributed by atoms with Gasteiger partial charge in [0.1, 0.15) is 11.5 Å². The van der Waals surface area contributed by atoms with Crippen LogP contribution < -0.4 is 0 Å². The molecule has 1 saturated heterocycles. The Hall–Kier alpha value is -2.23. The maximum absolute atomic E-state index is 12.3. The molecule has 1 aliphatic rings. The minimum Gasteiger partial charge on any atom is -0.336 e. The summed E-state index contributed by atoms with van der Waals surface area (Å²) in [5.74, 6) is 0.147. The number of rotatable bonds is 1. The smallest absolute Gasteiger partial charge is 0.272 e. The fraction of sp³-hybridized carbons (Fsp3) is 0.267. The number of likely N-dealkylation sites (tertiary alicyclic amines) is 1. The van der Waals surface area contributed by atoms with Crippen LogP contribution >= 0.6 is 0 Å². The monoisotopic (exact) mass is 254 g/mol. The van der Waals surface area contributed by atoms with Crippen LogP contribution in [0.2, 0.25) is 0 Å². The van der Waals surface area contributed by atoms with E-state index in [1.165, 1.54) is 0 Å². The van der Waals surface area contributed by atoms with Gasteiger partial charge in [0.05, 0.1) is 5.52 Å². The second kappa shape index (κ2) is 4.80. The van der Waals surface area contributed by atoms with Gasteiger partial charge in [0.25, 0.3) is 5.91 Å². The van der Waals surface area contributed by atoms with Crippen molar-refractivity contribution in [2.24, 2.45) is 0 Å². The number of Topliss-reactive ketones (excluding diaryl/α,β-unsaturated/α-hetero) is 1. The average molecular weight is 254 g/mol. The molecule has 2 heterocycles. The number of piperidine rings is 1. The first-order valence-electron chi connectivity index (χ1n) is 6.41. The molecule has 1 fully saturated rings. The second-order valence-corrected chi connectivity index (χ2v) is 4.72. The summed E-state index contributed by atoms with van der Waals surface area (Å²) in [5.41, 5.74) is 1.27. The van der Waals surface area contributed by atoms with Gasteiger partial charge >= 0.3 is 0 Å². The molecule has 4 nitrogen and oxygen atoms in total. The van der Waals surface area contributed by atoms with Crippen molar-refractivity contribution in [2.45, 2.75) is 12.8 Å². The molecule has 1 amide bonds. The number of carbonyl (C=O) groups excluding carboxylic acids is 2. The van der Waals surface area contributed by atoms with Crippen LogP contribution in [0.15, 0.2) is 36.4 Å². The van der Waals surface area contributed by atoms with E-state index in [-0.39, 0.29) is 11.7 Å². The molecule has 0 aliphatic carbocycles. The van der Waals surface area contributed by atoms with Gasteiger partial charge in [0.15, 0.2) is 0 Å². The van der Waals surface area contributed by atoms with Crippen molar-refractivity contribution in [3.8, 4) is 0 Å². The number of ketones is 1. The number of hydrogen-bond donors (Lipinski definition) is 0. The normalized spacial score (nSPS) is 15.8. The predicted molar refractivity (Wildman–Crippen MR) is 71.9 cm³/mol. The van der Waals surface area contributed by atoms with E-state index in [1.54, 1.807) is 11.0 Å². The molecule has 0 atom stereocenters. The molecule has 0 spiro atoms. The first kappa shape index (κ1) is 11.8. The van der Waals surface area contributed by atoms with E-state index < -0.39 is 0 Å². The standard InChI is InChI=1S/C15H14N2O2/c18-12-7-9-17(10-8-12)15(19)14-6-5-11-3-1-2-4-13(11)16-14/h1-6H,7-10H2. The Bertz CT molecular complexity index is 641. The van der Waals surface area contributed by atoms with Crippen molar-refractivity contribution in [1.29, 1.82) is 0 Å². The van der Waals surface area contributed by atoms with Gasteiger partial charge in [-0.05, 0) is 12.1 Å². The predicted octanol–water partition coefficient (Wildman–Crippen LogP) is 2.04. The van der Waals surface area contributed by atoms with E-state index in [2.05, 4.69) is 4.98 Å². The number of benzene rings is 1. The summed E-state index contributed by atoms with van der Waals surface area (Å²) in [7, 11) is 0. The highest BCUT2D eigenvalue weighted by Crippen LogP contribution is 2.15. The van der Waals surface area contributed by atoms with Gasteiger partial charge in [0, 0.05) is 31.3 Å². The molecule has 0 unspecified atom stereocenters. The third-order valence-electron chi connectivity index (χ3n) is 3.43. The number of hydrogen-bond acceptors (Lipinski definition) is 3. The average Bonchev–Trinajstić information content (AvgIpc) is 2.47. The van der Waals surface area contributed by atoms with Crippen LogP contribution in [-0.2, 0) is 4.79 Å². The highest BCUT2D eigenvalue weighted by atomic mass is 16.2. The van der Waals surface area contributed by atoms with Gasteiger partial charge < -0.3 is 4.90 Å². The fourth-order valence-electron chi connectivity index (χ4n) is 2.31. The number of carbonyl (C=O) groups is 2. The lowest BCUT2D eigenvalue weighted by atomic mass is 10.1. The molecule has 0 N–H and O–H groups in total. The molecule has 1 aromatic heterocycles. The van der Waals surface area contributed by atoms with E-state index >= 15 is 0 Å². The largest absolute Gasteiger partial charge is 0.336 e. The maximum atomic E-state index is 12.3. The molecule has 0 saturated carbocycles. The quantitative estimate of drug-likeness (QED) is 0.782. The number of para-hydroxylation sites is 1. The lowest BCUT2D eigenvalue weighted by Gasteiger charge is -2.25. The first-order chi connectivity index (χ1) is 9.24.